The first-order chi connectivity index (χ1) is 12.6. The molecular weight excluding hydrogens is 332 g/mol. The van der Waals surface area contributed by atoms with Crippen LogP contribution < -0.4 is 10.1 Å². The van der Waals surface area contributed by atoms with Crippen LogP contribution in [0.3, 0.4) is 0 Å². The van der Waals surface area contributed by atoms with Gasteiger partial charge in [0.15, 0.2) is 5.69 Å². The Hall–Kier alpha value is -2.41. The van der Waals surface area contributed by atoms with Crippen LogP contribution in [-0.2, 0) is 17.7 Å². The molecule has 0 bridgehead atoms. The summed E-state index contributed by atoms with van der Waals surface area (Å²) in [6.45, 7) is 4.31. The zero-order valence-electron chi connectivity index (χ0n) is 15.1. The monoisotopic (exact) mass is 356 g/mol. The van der Waals surface area contributed by atoms with E-state index in [4.69, 9.17) is 9.47 Å². The van der Waals surface area contributed by atoms with Crippen molar-refractivity contribution in [2.24, 2.45) is 0 Å². The molecular formula is C19H24N4O3. The van der Waals surface area contributed by atoms with Gasteiger partial charge in [-0.2, -0.15) is 5.10 Å². The Kier molecular flexibility index (Phi) is 4.63. The van der Waals surface area contributed by atoms with Gasteiger partial charge in [0.2, 0.25) is 0 Å². The van der Waals surface area contributed by atoms with Crippen LogP contribution in [0.1, 0.15) is 66.7 Å². The molecule has 7 nitrogen and oxygen atoms in total. The van der Waals surface area contributed by atoms with E-state index >= 15 is 0 Å². The number of ether oxygens (including phenoxy) is 2. The van der Waals surface area contributed by atoms with E-state index in [1.807, 2.05) is 26.0 Å². The number of carbonyl (C=O) groups is 1. The first-order valence-corrected chi connectivity index (χ1v) is 9.22. The van der Waals surface area contributed by atoms with Crippen molar-refractivity contribution in [2.45, 2.75) is 64.4 Å². The molecule has 1 fully saturated rings. The van der Waals surface area contributed by atoms with Crippen LogP contribution in [0, 0.1) is 0 Å². The van der Waals surface area contributed by atoms with E-state index in [1.165, 1.54) is 6.42 Å². The zero-order valence-corrected chi connectivity index (χ0v) is 15.1. The summed E-state index contributed by atoms with van der Waals surface area (Å²) in [6.07, 6.45) is 6.16. The van der Waals surface area contributed by atoms with Crippen molar-refractivity contribution in [1.29, 1.82) is 0 Å². The summed E-state index contributed by atoms with van der Waals surface area (Å²) in [4.78, 5) is 16.9. The minimum Gasteiger partial charge on any atom is -0.490 e. The third-order valence-electron chi connectivity index (χ3n) is 5.02. The lowest BCUT2D eigenvalue weighted by Gasteiger charge is -2.26. The van der Waals surface area contributed by atoms with Crippen molar-refractivity contribution in [3.63, 3.8) is 0 Å². The fourth-order valence-corrected chi connectivity index (χ4v) is 3.42. The van der Waals surface area contributed by atoms with E-state index in [2.05, 4.69) is 20.5 Å². The summed E-state index contributed by atoms with van der Waals surface area (Å²) < 4.78 is 11.7. The molecule has 0 aromatic carbocycles. The second-order valence-corrected chi connectivity index (χ2v) is 7.09. The predicted octanol–water partition coefficient (Wildman–Crippen LogP) is 2.69. The van der Waals surface area contributed by atoms with E-state index in [-0.39, 0.29) is 18.1 Å². The summed E-state index contributed by atoms with van der Waals surface area (Å²) >= 11 is 0. The number of aromatic nitrogens is 3. The quantitative estimate of drug-likeness (QED) is 0.860. The van der Waals surface area contributed by atoms with Crippen molar-refractivity contribution in [3.8, 4) is 5.75 Å². The van der Waals surface area contributed by atoms with Gasteiger partial charge in [-0.05, 0) is 39.2 Å². The second kappa shape index (κ2) is 7.07. The average Bonchev–Trinajstić information content (AvgIpc) is 3.00. The average molecular weight is 356 g/mol. The Morgan fingerprint density at radius 3 is 3.04 bits per heavy atom. The topological polar surface area (TPSA) is 89.1 Å². The molecule has 2 N–H and O–H groups in total. The summed E-state index contributed by atoms with van der Waals surface area (Å²) in [5.41, 5.74) is 3.06. The molecule has 2 aromatic rings. The van der Waals surface area contributed by atoms with Crippen molar-refractivity contribution < 1.29 is 14.3 Å². The molecule has 0 unspecified atom stereocenters. The minimum atomic E-state index is -0.198. The van der Waals surface area contributed by atoms with Crippen molar-refractivity contribution >= 4 is 5.91 Å². The van der Waals surface area contributed by atoms with E-state index in [1.54, 1.807) is 6.20 Å². The fraction of sp³-hybridized carbons (Fsp3) is 0.526. The first-order valence-electron chi connectivity index (χ1n) is 9.22. The Bertz CT molecular complexity index is 800. The molecule has 4 rings (SSSR count). The number of pyridine rings is 1. The third-order valence-corrected chi connectivity index (χ3v) is 5.02. The highest BCUT2D eigenvalue weighted by Crippen LogP contribution is 2.30. The van der Waals surface area contributed by atoms with Gasteiger partial charge in [0.1, 0.15) is 5.75 Å². The number of amides is 1. The molecule has 2 aromatic heterocycles. The lowest BCUT2D eigenvalue weighted by atomic mass is 9.96. The Labute approximate surface area is 152 Å². The van der Waals surface area contributed by atoms with Gasteiger partial charge in [-0.15, -0.1) is 0 Å². The Morgan fingerprint density at radius 1 is 1.42 bits per heavy atom. The number of carbonyl (C=O) groups excluding carboxylic acids is 1. The molecule has 26 heavy (non-hydrogen) atoms. The van der Waals surface area contributed by atoms with Crippen LogP contribution in [0.15, 0.2) is 18.3 Å². The fourth-order valence-electron chi connectivity index (χ4n) is 3.42. The highest BCUT2D eigenvalue weighted by atomic mass is 16.5. The van der Waals surface area contributed by atoms with Crippen LogP contribution in [0.4, 0.5) is 0 Å². The van der Waals surface area contributed by atoms with E-state index in [9.17, 15) is 4.79 Å². The van der Waals surface area contributed by atoms with Gasteiger partial charge in [0.05, 0.1) is 36.2 Å². The highest BCUT2D eigenvalue weighted by molar-refractivity contribution is 5.94. The summed E-state index contributed by atoms with van der Waals surface area (Å²) in [6, 6.07) is 3.74. The number of fused-ring (bicyclic) bond motifs is 1. The lowest BCUT2D eigenvalue weighted by molar-refractivity contribution is -0.00697. The lowest BCUT2D eigenvalue weighted by Crippen LogP contribution is -2.28. The Balaban J connectivity index is 1.41. The van der Waals surface area contributed by atoms with Gasteiger partial charge in [-0.25, -0.2) is 0 Å². The number of aromatic amines is 1. The highest BCUT2D eigenvalue weighted by Gasteiger charge is 2.29. The molecule has 3 heterocycles. The number of nitrogens with one attached hydrogen (secondary N) is 2. The van der Waals surface area contributed by atoms with Crippen LogP contribution in [0.25, 0.3) is 0 Å². The maximum absolute atomic E-state index is 12.6. The summed E-state index contributed by atoms with van der Waals surface area (Å²) in [5.74, 6) is 0.613. The smallest absolute Gasteiger partial charge is 0.272 e. The van der Waals surface area contributed by atoms with Crippen LogP contribution >= 0.6 is 0 Å². The molecule has 1 aliphatic carbocycles. The largest absolute Gasteiger partial charge is 0.490 e. The van der Waals surface area contributed by atoms with Gasteiger partial charge in [-0.3, -0.25) is 14.9 Å². The SMILES string of the molecule is C[C@@H]1Cc2c(C(=O)NCc3cc(OC4CCC4)ccn3)n[nH]c2[C@H](C)O1. The standard InChI is InChI=1S/C19H24N4O3/c1-11-8-16-17(12(2)25-11)22-23-18(16)19(24)21-10-13-9-15(6-7-20-13)26-14-4-3-5-14/h6-7,9,11-12,14H,3-5,8,10H2,1-2H3,(H,21,24)(H,22,23)/t11-,12+/m1/s1. The number of rotatable bonds is 5. The van der Waals surface area contributed by atoms with Crippen LogP contribution in [0.5, 0.6) is 5.75 Å². The van der Waals surface area contributed by atoms with Crippen LogP contribution in [-0.4, -0.2) is 33.3 Å². The number of H-pyrrole nitrogens is 1. The number of hydrogen-bond donors (Lipinski definition) is 2. The Morgan fingerprint density at radius 2 is 2.27 bits per heavy atom. The van der Waals surface area contributed by atoms with Crippen molar-refractivity contribution in [3.05, 3.63) is 41.0 Å². The summed E-state index contributed by atoms with van der Waals surface area (Å²) in [7, 11) is 0. The minimum absolute atomic E-state index is 0.0728. The molecule has 1 aliphatic heterocycles. The normalized spacial score (nSPS) is 22.4. The van der Waals surface area contributed by atoms with Gasteiger partial charge in [0.25, 0.3) is 5.91 Å². The van der Waals surface area contributed by atoms with E-state index in [0.717, 1.165) is 35.5 Å². The van der Waals surface area contributed by atoms with Gasteiger partial charge < -0.3 is 14.8 Å². The third kappa shape index (κ3) is 3.44. The molecule has 1 amide bonds. The van der Waals surface area contributed by atoms with Crippen molar-refractivity contribution in [2.75, 3.05) is 0 Å². The predicted molar refractivity (Wildman–Crippen MR) is 94.9 cm³/mol. The maximum atomic E-state index is 12.6. The molecule has 1 saturated carbocycles. The number of nitrogens with zero attached hydrogens (tertiary/aromatic N) is 2. The summed E-state index contributed by atoms with van der Waals surface area (Å²) in [5, 5.41) is 10.1. The van der Waals surface area contributed by atoms with Gasteiger partial charge in [0, 0.05) is 24.2 Å². The first kappa shape index (κ1) is 17.0. The van der Waals surface area contributed by atoms with Gasteiger partial charge >= 0.3 is 0 Å². The molecule has 0 radical (unpaired) electrons. The van der Waals surface area contributed by atoms with Crippen molar-refractivity contribution in [1.82, 2.24) is 20.5 Å². The van der Waals surface area contributed by atoms with E-state index < -0.39 is 0 Å². The van der Waals surface area contributed by atoms with E-state index in [0.29, 0.717) is 24.8 Å². The van der Waals surface area contributed by atoms with Crippen LogP contribution in [0.2, 0.25) is 0 Å². The molecule has 2 atom stereocenters. The molecule has 2 aliphatic rings. The molecule has 0 saturated heterocycles. The molecule has 7 heteroatoms. The molecule has 0 spiro atoms. The van der Waals surface area contributed by atoms with Gasteiger partial charge in [-0.1, -0.05) is 0 Å². The number of hydrogen-bond acceptors (Lipinski definition) is 5. The zero-order chi connectivity index (χ0) is 18.1. The second-order valence-electron chi connectivity index (χ2n) is 7.09. The maximum Gasteiger partial charge on any atom is 0.272 e. The molecule has 138 valence electrons.